The second-order valence-electron chi connectivity index (χ2n) is 10.0. The van der Waals surface area contributed by atoms with Gasteiger partial charge in [-0.3, -0.25) is 9.98 Å². The van der Waals surface area contributed by atoms with Crippen LogP contribution in [0.15, 0.2) is 58.5 Å². The summed E-state index contributed by atoms with van der Waals surface area (Å²) in [6, 6.07) is 17.0. The van der Waals surface area contributed by atoms with Crippen LogP contribution in [0.3, 0.4) is 0 Å². The van der Waals surface area contributed by atoms with Gasteiger partial charge in [0.2, 0.25) is 0 Å². The molecule has 0 saturated heterocycles. The zero-order valence-corrected chi connectivity index (χ0v) is 23.9. The van der Waals surface area contributed by atoms with Crippen molar-refractivity contribution in [3.63, 3.8) is 0 Å². The third kappa shape index (κ3) is 7.53. The van der Waals surface area contributed by atoms with Crippen LogP contribution in [-0.4, -0.2) is 12.4 Å². The maximum Gasteiger partial charge on any atom is 2.00 e. The molecular formula is C31H41FeN3. The number of aromatic nitrogens is 1. The molecule has 0 amide bonds. The molecule has 0 unspecified atom stereocenters. The molecule has 35 heavy (non-hydrogen) atoms. The normalized spacial score (nSPS) is 11.8. The molecule has 2 aromatic carbocycles. The molecule has 0 aliphatic rings. The van der Waals surface area contributed by atoms with Gasteiger partial charge in [-0.2, -0.15) is 0 Å². The maximum absolute atomic E-state index is 4.89. The van der Waals surface area contributed by atoms with E-state index >= 15 is 0 Å². The Balaban J connectivity index is 0.00000306. The first-order valence-corrected chi connectivity index (χ1v) is 12.2. The minimum Gasteiger partial charge on any atom is -0.655 e. The van der Waals surface area contributed by atoms with Gasteiger partial charge in [0.25, 0.3) is 0 Å². The van der Waals surface area contributed by atoms with E-state index in [0.717, 1.165) is 22.8 Å². The van der Waals surface area contributed by atoms with Crippen molar-refractivity contribution in [1.29, 1.82) is 0 Å². The summed E-state index contributed by atoms with van der Waals surface area (Å²) >= 11 is 0. The minimum atomic E-state index is 0. The molecule has 0 atom stereocenters. The maximum atomic E-state index is 4.89. The number of rotatable bonds is 8. The summed E-state index contributed by atoms with van der Waals surface area (Å²) in [5.41, 5.74) is 8.96. The van der Waals surface area contributed by atoms with E-state index in [2.05, 4.69) is 91.8 Å². The third-order valence-electron chi connectivity index (χ3n) is 6.02. The fourth-order valence-corrected chi connectivity index (χ4v) is 4.12. The van der Waals surface area contributed by atoms with Gasteiger partial charge >= 0.3 is 17.1 Å². The predicted molar refractivity (Wildman–Crippen MR) is 150 cm³/mol. The van der Waals surface area contributed by atoms with Crippen molar-refractivity contribution in [2.24, 2.45) is 9.98 Å². The number of aliphatic imine (C=N–C) groups is 2. The van der Waals surface area contributed by atoms with Crippen molar-refractivity contribution in [2.45, 2.75) is 79.1 Å². The molecule has 188 valence electrons. The molecule has 0 aliphatic heterocycles. The van der Waals surface area contributed by atoms with Gasteiger partial charge in [0, 0.05) is 12.4 Å². The zero-order valence-electron chi connectivity index (χ0n) is 22.8. The number of para-hydroxylation sites is 2. The molecule has 1 aromatic heterocycles. The van der Waals surface area contributed by atoms with E-state index in [1.54, 1.807) is 0 Å². The average molecular weight is 512 g/mol. The molecule has 3 aromatic rings. The van der Waals surface area contributed by atoms with Crippen LogP contribution in [0.4, 0.5) is 11.4 Å². The monoisotopic (exact) mass is 511 g/mol. The quantitative estimate of drug-likeness (QED) is 0.169. The Labute approximate surface area is 224 Å². The fraction of sp³-hybridized carbons (Fsp3) is 0.387. The molecule has 3 rings (SSSR count). The van der Waals surface area contributed by atoms with Gasteiger partial charge in [0.15, 0.2) is 0 Å². The van der Waals surface area contributed by atoms with Gasteiger partial charge < -0.3 is 12.4 Å². The first kappa shape index (κ1) is 30.6. The summed E-state index contributed by atoms with van der Waals surface area (Å²) in [4.78, 5) is 14.5. The molecular weight excluding hydrogens is 470 g/mol. The number of benzene rings is 2. The van der Waals surface area contributed by atoms with Gasteiger partial charge in [-0.1, -0.05) is 104 Å². The predicted octanol–water partition coefficient (Wildman–Crippen LogP) is 9.09. The molecule has 4 heteroatoms. The SMILES string of the molecule is CC(C)c1cccc(C(C)C)c1N=Cc1ccc(C=Nc2c(C(C)C)cccc2C(C)C)[n-]1.[CH3-].[Fe+2]. The van der Waals surface area contributed by atoms with Crippen LogP contribution in [0.1, 0.15) is 113 Å². The van der Waals surface area contributed by atoms with Gasteiger partial charge in [-0.05, 0) is 45.9 Å². The number of nitrogens with zero attached hydrogens (tertiary/aromatic N) is 3. The van der Waals surface area contributed by atoms with Crippen molar-refractivity contribution in [3.05, 3.63) is 89.6 Å². The number of hydrogen-bond acceptors (Lipinski definition) is 2. The van der Waals surface area contributed by atoms with E-state index in [0.29, 0.717) is 23.7 Å². The zero-order chi connectivity index (χ0) is 24.1. The van der Waals surface area contributed by atoms with Crippen molar-refractivity contribution in [3.8, 4) is 0 Å². The van der Waals surface area contributed by atoms with Gasteiger partial charge in [-0.25, -0.2) is 0 Å². The molecule has 0 spiro atoms. The van der Waals surface area contributed by atoms with E-state index < -0.39 is 0 Å². The Bertz CT molecular complexity index is 993. The van der Waals surface area contributed by atoms with Gasteiger partial charge in [-0.15, -0.1) is 11.4 Å². The smallest absolute Gasteiger partial charge is 0.655 e. The van der Waals surface area contributed by atoms with Crippen molar-refractivity contribution >= 4 is 23.8 Å². The molecule has 0 radical (unpaired) electrons. The van der Waals surface area contributed by atoms with Crippen LogP contribution >= 0.6 is 0 Å². The van der Waals surface area contributed by atoms with E-state index in [-0.39, 0.29) is 24.5 Å². The van der Waals surface area contributed by atoms with E-state index in [1.165, 1.54) is 22.3 Å². The van der Waals surface area contributed by atoms with Crippen LogP contribution in [0.5, 0.6) is 0 Å². The fourth-order valence-electron chi connectivity index (χ4n) is 4.12. The first-order chi connectivity index (χ1) is 15.7. The summed E-state index contributed by atoms with van der Waals surface area (Å²) in [6.45, 7) is 17.7. The van der Waals surface area contributed by atoms with Crippen LogP contribution in [0.2, 0.25) is 0 Å². The summed E-state index contributed by atoms with van der Waals surface area (Å²) in [7, 11) is 0. The summed E-state index contributed by atoms with van der Waals surface area (Å²) < 4.78 is 0. The van der Waals surface area contributed by atoms with Crippen LogP contribution in [0.25, 0.3) is 0 Å². The van der Waals surface area contributed by atoms with Crippen molar-refractivity contribution < 1.29 is 17.1 Å². The summed E-state index contributed by atoms with van der Waals surface area (Å²) in [6.07, 6.45) is 3.76. The van der Waals surface area contributed by atoms with Gasteiger partial charge in [0.1, 0.15) is 0 Å². The third-order valence-corrected chi connectivity index (χ3v) is 6.02. The molecule has 3 nitrogen and oxygen atoms in total. The molecule has 0 bridgehead atoms. The van der Waals surface area contributed by atoms with Gasteiger partial charge in [0.05, 0.1) is 11.4 Å². The molecule has 0 aliphatic carbocycles. The second-order valence-corrected chi connectivity index (χ2v) is 10.0. The average Bonchev–Trinajstić information content (AvgIpc) is 3.23. The first-order valence-electron chi connectivity index (χ1n) is 12.2. The van der Waals surface area contributed by atoms with Crippen molar-refractivity contribution in [1.82, 2.24) is 4.98 Å². The largest absolute Gasteiger partial charge is 2.00 e. The van der Waals surface area contributed by atoms with Crippen molar-refractivity contribution in [2.75, 3.05) is 0 Å². The molecule has 0 fully saturated rings. The van der Waals surface area contributed by atoms with Crippen LogP contribution in [0, 0.1) is 7.43 Å². The summed E-state index contributed by atoms with van der Waals surface area (Å²) in [5, 5.41) is 0. The Hall–Kier alpha value is -2.42. The number of hydrogen-bond donors (Lipinski definition) is 0. The Kier molecular flexibility index (Phi) is 11.9. The minimum absolute atomic E-state index is 0. The van der Waals surface area contributed by atoms with Crippen LogP contribution in [-0.2, 0) is 17.1 Å². The van der Waals surface area contributed by atoms with E-state index in [4.69, 9.17) is 15.0 Å². The summed E-state index contributed by atoms with van der Waals surface area (Å²) in [5.74, 6) is 1.68. The molecule has 1 heterocycles. The van der Waals surface area contributed by atoms with E-state index in [9.17, 15) is 0 Å². The Morgan fingerprint density at radius 2 is 0.829 bits per heavy atom. The second kappa shape index (κ2) is 13.6. The Morgan fingerprint density at radius 1 is 0.543 bits per heavy atom. The topological polar surface area (TPSA) is 38.8 Å². The van der Waals surface area contributed by atoms with E-state index in [1.807, 2.05) is 24.6 Å². The molecule has 0 saturated carbocycles. The standard InChI is InChI=1S/C30H38N3.CH3.Fe/c1-19(2)25-11-9-12-26(20(3)4)29(25)31-17-23-15-16-24(33-23)18-32-30-27(21(5)6)13-10-14-28(30)22(7)8;;/h9-22H,1-8H3;1H3;/q2*-1;+2. The Morgan fingerprint density at radius 3 is 1.09 bits per heavy atom. The van der Waals surface area contributed by atoms with Crippen LogP contribution < -0.4 is 4.98 Å². The molecule has 0 N–H and O–H groups in total.